The lowest BCUT2D eigenvalue weighted by molar-refractivity contribution is -0.138. The van der Waals surface area contributed by atoms with Gasteiger partial charge in [-0.3, -0.25) is 19.5 Å². The normalized spacial score (nSPS) is 25.0. The van der Waals surface area contributed by atoms with E-state index in [2.05, 4.69) is 18.0 Å². The number of likely N-dealkylation sites (tertiary alicyclic amines) is 1. The van der Waals surface area contributed by atoms with Gasteiger partial charge in [0.15, 0.2) is 0 Å². The molecule has 2 aromatic carbocycles. The maximum Gasteiger partial charge on any atom is 0.455 e. The average molecular weight is 536 g/mol. The van der Waals surface area contributed by atoms with Crippen molar-refractivity contribution in [2.45, 2.75) is 45.0 Å². The Hall–Kier alpha value is -3.75. The number of benzene rings is 2. The van der Waals surface area contributed by atoms with Crippen LogP contribution in [0.5, 0.6) is 5.75 Å². The Morgan fingerprint density at radius 1 is 1.07 bits per heavy atom. The summed E-state index contributed by atoms with van der Waals surface area (Å²) >= 11 is 0. The second kappa shape index (κ2) is 10.7. The first-order valence-electron chi connectivity index (χ1n) is 14.1. The maximum atomic E-state index is 13.1. The first-order chi connectivity index (χ1) is 19.4. The van der Waals surface area contributed by atoms with Crippen molar-refractivity contribution in [1.29, 1.82) is 0 Å². The van der Waals surface area contributed by atoms with E-state index in [0.717, 1.165) is 39.6 Å². The molecule has 2 saturated heterocycles. The Labute approximate surface area is 234 Å². The molecule has 0 spiro atoms. The Morgan fingerprint density at radius 2 is 1.85 bits per heavy atom. The van der Waals surface area contributed by atoms with Gasteiger partial charge in [0.1, 0.15) is 5.75 Å². The minimum atomic E-state index is -0.993. The van der Waals surface area contributed by atoms with Crippen LogP contribution in [0.4, 0.5) is 0 Å². The summed E-state index contributed by atoms with van der Waals surface area (Å²) in [5.41, 5.74) is 5.10. The monoisotopic (exact) mass is 536 g/mol. The molecule has 0 bridgehead atoms. The lowest BCUT2D eigenvalue weighted by atomic mass is 9.58. The number of carbonyl (C=O) groups excluding carboxylic acids is 2. The molecule has 8 heteroatoms. The number of allylic oxidation sites excluding steroid dienone is 2. The van der Waals surface area contributed by atoms with E-state index in [-0.39, 0.29) is 35.5 Å². The fourth-order valence-corrected chi connectivity index (χ4v) is 6.99. The van der Waals surface area contributed by atoms with Crippen molar-refractivity contribution in [3.8, 4) is 5.75 Å². The molecule has 0 radical (unpaired) electrons. The van der Waals surface area contributed by atoms with Crippen LogP contribution in [-0.4, -0.2) is 52.1 Å². The molecule has 6 rings (SSSR count). The summed E-state index contributed by atoms with van der Waals surface area (Å²) in [6.45, 7) is 2.09. The SMILES string of the molecule is CCC1=C2[C@@H](CC/C(=C/c3ccc(O)c4ccccc34)c3ccccn3)OB(O)C[C@@H]2[C@@H]2C(=O)N(C)C(=O)[C@@H]2C1. The molecule has 0 unspecified atom stereocenters. The van der Waals surface area contributed by atoms with Crippen LogP contribution in [-0.2, 0) is 14.2 Å². The van der Waals surface area contributed by atoms with E-state index >= 15 is 0 Å². The minimum Gasteiger partial charge on any atom is -0.507 e. The van der Waals surface area contributed by atoms with E-state index in [1.165, 1.54) is 10.5 Å². The molecule has 2 N–H and O–H groups in total. The van der Waals surface area contributed by atoms with E-state index < -0.39 is 13.0 Å². The highest BCUT2D eigenvalue weighted by Gasteiger charge is 2.56. The summed E-state index contributed by atoms with van der Waals surface area (Å²) in [7, 11) is 0.575. The average Bonchev–Trinajstić information content (AvgIpc) is 3.19. The van der Waals surface area contributed by atoms with Crippen molar-refractivity contribution < 1.29 is 24.4 Å². The first-order valence-corrected chi connectivity index (χ1v) is 14.1. The van der Waals surface area contributed by atoms with Crippen LogP contribution in [0.25, 0.3) is 22.4 Å². The van der Waals surface area contributed by atoms with Crippen molar-refractivity contribution >= 4 is 41.4 Å². The molecule has 4 atom stereocenters. The third kappa shape index (κ3) is 4.55. The molecule has 2 amide bonds. The molecule has 7 nitrogen and oxygen atoms in total. The van der Waals surface area contributed by atoms with Crippen molar-refractivity contribution in [2.24, 2.45) is 17.8 Å². The van der Waals surface area contributed by atoms with Gasteiger partial charge >= 0.3 is 7.12 Å². The number of aromatic hydroxyl groups is 1. The van der Waals surface area contributed by atoms with E-state index in [1.807, 2.05) is 48.5 Å². The van der Waals surface area contributed by atoms with Crippen molar-refractivity contribution in [1.82, 2.24) is 9.88 Å². The van der Waals surface area contributed by atoms with Gasteiger partial charge in [0.05, 0.1) is 23.6 Å². The van der Waals surface area contributed by atoms with Gasteiger partial charge in [0.2, 0.25) is 11.8 Å². The first kappa shape index (κ1) is 26.5. The van der Waals surface area contributed by atoms with Gasteiger partial charge in [0.25, 0.3) is 0 Å². The fourth-order valence-electron chi connectivity index (χ4n) is 6.99. The van der Waals surface area contributed by atoms with E-state index in [4.69, 9.17) is 4.65 Å². The molecule has 204 valence electrons. The molecule has 3 aliphatic rings. The zero-order chi connectivity index (χ0) is 28.0. The number of aromatic nitrogens is 1. The van der Waals surface area contributed by atoms with Gasteiger partial charge in [-0.05, 0) is 84.3 Å². The quantitative estimate of drug-likeness (QED) is 0.259. The van der Waals surface area contributed by atoms with Crippen LogP contribution >= 0.6 is 0 Å². The van der Waals surface area contributed by atoms with E-state index in [1.54, 1.807) is 19.3 Å². The number of phenolic OH excluding ortho intramolecular Hbond substituents is 1. The van der Waals surface area contributed by atoms with Crippen molar-refractivity contribution in [2.75, 3.05) is 7.05 Å². The smallest absolute Gasteiger partial charge is 0.455 e. The van der Waals surface area contributed by atoms with Crippen LogP contribution in [0.15, 0.2) is 71.9 Å². The topological polar surface area (TPSA) is 100.0 Å². The van der Waals surface area contributed by atoms with Crippen molar-refractivity contribution in [3.63, 3.8) is 0 Å². The molecule has 2 fully saturated rings. The molecular formula is C32H33BN2O5. The highest BCUT2D eigenvalue weighted by atomic mass is 16.5. The largest absolute Gasteiger partial charge is 0.507 e. The van der Waals surface area contributed by atoms with Gasteiger partial charge in [0, 0.05) is 18.6 Å². The number of hydrogen-bond acceptors (Lipinski definition) is 6. The van der Waals surface area contributed by atoms with Gasteiger partial charge in [-0.15, -0.1) is 0 Å². The number of nitrogens with zero attached hydrogens (tertiary/aromatic N) is 2. The summed E-state index contributed by atoms with van der Waals surface area (Å²) in [4.78, 5) is 31.9. The Balaban J connectivity index is 1.36. The Kier molecular flexibility index (Phi) is 7.07. The second-order valence-electron chi connectivity index (χ2n) is 11.0. The number of pyridine rings is 1. The van der Waals surface area contributed by atoms with Crippen LogP contribution in [0.2, 0.25) is 6.32 Å². The molecule has 3 aromatic rings. The van der Waals surface area contributed by atoms with Crippen LogP contribution in [0.1, 0.15) is 43.9 Å². The van der Waals surface area contributed by atoms with Gasteiger partial charge in [-0.2, -0.15) is 0 Å². The van der Waals surface area contributed by atoms with Gasteiger partial charge in [-0.1, -0.05) is 48.9 Å². The maximum absolute atomic E-state index is 13.1. The standard InChI is InChI=1S/C32H33BN2O5/c1-3-19-17-24-30(32(38)35(2)31(24)37)25-18-33(39)40-28(29(19)25)14-12-21(26-10-6-7-15-34-26)16-20-11-13-27(36)23-9-5-4-8-22(20)23/h4-11,13,15-16,24-25,28,30,36,39H,3,12,14,17-18H2,1-2H3/b21-16-/t24-,25+,28-,30-/m1/s1. The molecule has 2 aliphatic heterocycles. The lowest BCUT2D eigenvalue weighted by Crippen LogP contribution is -2.46. The van der Waals surface area contributed by atoms with Gasteiger partial charge < -0.3 is 14.8 Å². The highest BCUT2D eigenvalue weighted by Crippen LogP contribution is 2.51. The van der Waals surface area contributed by atoms with Gasteiger partial charge in [-0.25, -0.2) is 0 Å². The van der Waals surface area contributed by atoms with Crippen LogP contribution < -0.4 is 0 Å². The zero-order valence-electron chi connectivity index (χ0n) is 22.8. The number of phenols is 1. The number of amides is 2. The molecular weight excluding hydrogens is 503 g/mol. The molecule has 1 aliphatic carbocycles. The number of carbonyl (C=O) groups is 2. The lowest BCUT2D eigenvalue weighted by Gasteiger charge is -2.43. The molecule has 0 saturated carbocycles. The minimum absolute atomic E-state index is 0.112. The predicted octanol–water partition coefficient (Wildman–Crippen LogP) is 5.10. The van der Waals surface area contributed by atoms with Crippen LogP contribution in [0.3, 0.4) is 0 Å². The number of fused-ring (bicyclic) bond motifs is 4. The van der Waals surface area contributed by atoms with E-state index in [9.17, 15) is 19.7 Å². The predicted molar refractivity (Wildman–Crippen MR) is 155 cm³/mol. The molecule has 40 heavy (non-hydrogen) atoms. The number of imide groups is 1. The summed E-state index contributed by atoms with van der Waals surface area (Å²) < 4.78 is 6.15. The number of hydrogen-bond donors (Lipinski definition) is 2. The summed E-state index contributed by atoms with van der Waals surface area (Å²) in [6.07, 6.45) is 6.42. The third-order valence-corrected chi connectivity index (χ3v) is 8.89. The summed E-state index contributed by atoms with van der Waals surface area (Å²) in [5, 5.41) is 22.9. The molecule has 1 aromatic heterocycles. The Bertz CT molecular complexity index is 1530. The second-order valence-corrected chi connectivity index (χ2v) is 11.0. The fraction of sp³-hybridized carbons (Fsp3) is 0.344. The van der Waals surface area contributed by atoms with Crippen molar-refractivity contribution in [3.05, 3.63) is 83.2 Å². The third-order valence-electron chi connectivity index (χ3n) is 8.89. The number of rotatable bonds is 6. The Morgan fingerprint density at radius 3 is 2.60 bits per heavy atom. The molecule has 3 heterocycles. The summed E-state index contributed by atoms with van der Waals surface area (Å²) in [5.74, 6) is -1.00. The van der Waals surface area contributed by atoms with Crippen LogP contribution in [0, 0.1) is 17.8 Å². The summed E-state index contributed by atoms with van der Waals surface area (Å²) in [6, 6.07) is 17.2. The van der Waals surface area contributed by atoms with E-state index in [0.29, 0.717) is 25.6 Å². The zero-order valence-corrected chi connectivity index (χ0v) is 22.8. The highest BCUT2D eigenvalue weighted by molar-refractivity contribution is 6.43.